The van der Waals surface area contributed by atoms with Crippen LogP contribution in [0.4, 0.5) is 27.9 Å². The average Bonchev–Trinajstić information content (AvgIpc) is 3.04. The Balaban J connectivity index is 0.000000188. The van der Waals surface area contributed by atoms with Gasteiger partial charge >= 0.3 is 0 Å². The van der Waals surface area contributed by atoms with Crippen LogP contribution in [0.5, 0.6) is 0 Å². The maximum atomic E-state index is 13.2. The van der Waals surface area contributed by atoms with Crippen LogP contribution in [0.25, 0.3) is 0 Å². The van der Waals surface area contributed by atoms with Crippen molar-refractivity contribution in [2.24, 2.45) is 0 Å². The highest BCUT2D eigenvalue weighted by atomic mass is 35.5. The number of aryl methyl sites for hydroxylation is 1. The van der Waals surface area contributed by atoms with Gasteiger partial charge in [0.25, 0.3) is 11.1 Å². The number of aromatic nitrogens is 4. The number of aromatic amines is 2. The third-order valence-corrected chi connectivity index (χ3v) is 11.2. The van der Waals surface area contributed by atoms with Gasteiger partial charge in [-0.25, -0.2) is 4.39 Å². The molecule has 4 aromatic rings. The number of nitrogen functional groups attached to an aromatic ring is 2. The van der Waals surface area contributed by atoms with Crippen LogP contribution in [0.2, 0.25) is 10.0 Å². The molecule has 6 rings (SSSR count). The first-order valence-electron chi connectivity index (χ1n) is 15.9. The molecule has 0 amide bonds. The molecule has 2 aliphatic rings. The summed E-state index contributed by atoms with van der Waals surface area (Å²) in [5, 5.41) is 7.69. The molecule has 0 radical (unpaired) electrons. The Bertz CT molecular complexity index is 1710. The first-order chi connectivity index (χ1) is 23.0. The highest BCUT2D eigenvalue weighted by Gasteiger charge is 2.21. The fraction of sp³-hybridized carbons (Fsp3) is 0.394. The van der Waals surface area contributed by atoms with E-state index in [1.54, 1.807) is 6.07 Å². The van der Waals surface area contributed by atoms with Crippen molar-refractivity contribution in [1.82, 2.24) is 19.9 Å². The number of halogens is 3. The molecular formula is C33H39Cl2FN8O2S2. The molecule has 0 bridgehead atoms. The number of H-pyrrole nitrogens is 2. The summed E-state index contributed by atoms with van der Waals surface area (Å²) in [6.45, 7) is 1.97. The van der Waals surface area contributed by atoms with Gasteiger partial charge in [0.1, 0.15) is 27.2 Å². The van der Waals surface area contributed by atoms with Gasteiger partial charge in [0.15, 0.2) is 0 Å². The van der Waals surface area contributed by atoms with Crippen molar-refractivity contribution in [3.05, 3.63) is 78.5 Å². The van der Waals surface area contributed by atoms with Gasteiger partial charge in [0.05, 0.1) is 5.02 Å². The Morgan fingerprint density at radius 2 is 1.23 bits per heavy atom. The van der Waals surface area contributed by atoms with Crippen LogP contribution >= 0.6 is 46.7 Å². The number of hydrogen-bond acceptors (Lipinski definition) is 10. The molecule has 2 aliphatic carbocycles. The van der Waals surface area contributed by atoms with Crippen LogP contribution in [0.15, 0.2) is 65.6 Å². The number of anilines is 4. The van der Waals surface area contributed by atoms with E-state index < -0.39 is 5.82 Å². The molecule has 0 atom stereocenters. The molecule has 0 spiro atoms. The zero-order valence-electron chi connectivity index (χ0n) is 26.5. The lowest BCUT2D eigenvalue weighted by atomic mass is 9.95. The van der Waals surface area contributed by atoms with Crippen LogP contribution in [0.3, 0.4) is 0 Å². The van der Waals surface area contributed by atoms with E-state index in [1.165, 1.54) is 49.6 Å². The minimum Gasteiger partial charge on any atom is -0.369 e. The first-order valence-corrected chi connectivity index (χ1v) is 18.3. The van der Waals surface area contributed by atoms with E-state index in [2.05, 4.69) is 30.6 Å². The van der Waals surface area contributed by atoms with Crippen molar-refractivity contribution in [1.29, 1.82) is 0 Å². The van der Waals surface area contributed by atoms with Crippen molar-refractivity contribution in [2.45, 2.75) is 103 Å². The first kappa shape index (κ1) is 35.9. The number of benzene rings is 2. The molecule has 256 valence electrons. The van der Waals surface area contributed by atoms with Crippen LogP contribution in [-0.2, 0) is 0 Å². The van der Waals surface area contributed by atoms with E-state index in [0.29, 0.717) is 37.4 Å². The van der Waals surface area contributed by atoms with Gasteiger partial charge in [-0.15, -0.1) is 0 Å². The maximum Gasteiger partial charge on any atom is 0.268 e. The van der Waals surface area contributed by atoms with E-state index >= 15 is 0 Å². The zero-order chi connectivity index (χ0) is 34.2. The van der Waals surface area contributed by atoms with Crippen LogP contribution in [0, 0.1) is 12.7 Å². The summed E-state index contributed by atoms with van der Waals surface area (Å²) >= 11 is 14.6. The second-order valence-corrected chi connectivity index (χ2v) is 14.9. The SMILES string of the molecule is Cc1cc(Cl)ccc1Sc1c(NC2CCCCC2)nc(N)[nH]c1=O.Nc1nc(NC2CCCCC2)c(Sc2ccc(F)cc2Cl)c(=O)[nH]1. The lowest BCUT2D eigenvalue weighted by Gasteiger charge is -2.24. The summed E-state index contributed by atoms with van der Waals surface area (Å²) in [5.41, 5.74) is 11.9. The summed E-state index contributed by atoms with van der Waals surface area (Å²) in [6, 6.07) is 10.3. The molecule has 48 heavy (non-hydrogen) atoms. The lowest BCUT2D eigenvalue weighted by Crippen LogP contribution is -2.26. The van der Waals surface area contributed by atoms with E-state index in [4.69, 9.17) is 34.7 Å². The summed E-state index contributed by atoms with van der Waals surface area (Å²) in [6.07, 6.45) is 11.5. The van der Waals surface area contributed by atoms with Crippen molar-refractivity contribution in [3.8, 4) is 0 Å². The van der Waals surface area contributed by atoms with Crippen LogP contribution in [0.1, 0.15) is 69.8 Å². The van der Waals surface area contributed by atoms with Gasteiger partial charge < -0.3 is 22.1 Å². The molecule has 10 nitrogen and oxygen atoms in total. The largest absolute Gasteiger partial charge is 0.369 e. The van der Waals surface area contributed by atoms with E-state index in [0.717, 1.165) is 60.7 Å². The molecule has 8 N–H and O–H groups in total. The minimum absolute atomic E-state index is 0.0628. The molecule has 2 fully saturated rings. The van der Waals surface area contributed by atoms with E-state index in [1.807, 2.05) is 25.1 Å². The second-order valence-electron chi connectivity index (χ2n) is 11.9. The monoisotopic (exact) mass is 732 g/mol. The van der Waals surface area contributed by atoms with Crippen molar-refractivity contribution >= 4 is 70.3 Å². The van der Waals surface area contributed by atoms with Gasteiger partial charge in [0, 0.05) is 26.9 Å². The van der Waals surface area contributed by atoms with Crippen LogP contribution < -0.4 is 33.2 Å². The fourth-order valence-electron chi connectivity index (χ4n) is 5.73. The molecule has 15 heteroatoms. The predicted octanol–water partition coefficient (Wildman–Crippen LogP) is 8.25. The fourth-order valence-corrected chi connectivity index (χ4v) is 8.02. The van der Waals surface area contributed by atoms with Crippen LogP contribution in [-0.4, -0.2) is 32.0 Å². The van der Waals surface area contributed by atoms with Gasteiger partial charge in [-0.3, -0.25) is 19.6 Å². The second kappa shape index (κ2) is 16.8. The molecule has 2 saturated carbocycles. The Morgan fingerprint density at radius 3 is 1.71 bits per heavy atom. The van der Waals surface area contributed by atoms with Gasteiger partial charge in [-0.05, 0) is 74.6 Å². The molecule has 2 heterocycles. The van der Waals surface area contributed by atoms with Gasteiger partial charge in [-0.2, -0.15) is 9.97 Å². The van der Waals surface area contributed by atoms with E-state index in [9.17, 15) is 14.0 Å². The van der Waals surface area contributed by atoms with Gasteiger partial charge in [-0.1, -0.05) is 85.3 Å². The normalized spacial score (nSPS) is 15.4. The highest BCUT2D eigenvalue weighted by Crippen LogP contribution is 2.36. The standard InChI is InChI=1S/C17H21ClN4OS.C16H18ClFN4OS/c1-10-9-11(18)7-8-13(10)24-14-15(21-17(19)22-16(14)23)20-12-5-3-2-4-6-12;17-11-8-9(18)6-7-12(11)24-13-14(21-16(19)22-15(13)23)20-10-4-2-1-3-5-10/h7-9,12H,2-6H2,1H3,(H4,19,20,21,22,23);6-8,10H,1-5H2,(H4,19,20,21,22,23). The number of hydrogen-bond donors (Lipinski definition) is 6. The Kier molecular flexibility index (Phi) is 12.6. The number of nitrogens with zero attached hydrogens (tertiary/aromatic N) is 2. The Morgan fingerprint density at radius 1 is 0.750 bits per heavy atom. The van der Waals surface area contributed by atoms with E-state index in [-0.39, 0.29) is 34.1 Å². The molecular weight excluding hydrogens is 694 g/mol. The van der Waals surface area contributed by atoms with Crippen molar-refractivity contribution in [2.75, 3.05) is 22.1 Å². The molecule has 2 aromatic carbocycles. The summed E-state index contributed by atoms with van der Waals surface area (Å²) in [5.74, 6) is 0.800. The van der Waals surface area contributed by atoms with Crippen molar-refractivity contribution in [3.63, 3.8) is 0 Å². The summed E-state index contributed by atoms with van der Waals surface area (Å²) in [4.78, 5) is 40.9. The highest BCUT2D eigenvalue weighted by molar-refractivity contribution is 7.99. The maximum absolute atomic E-state index is 13.2. The Labute approximate surface area is 296 Å². The molecule has 2 aromatic heterocycles. The topological polar surface area (TPSA) is 168 Å². The number of rotatable bonds is 8. The lowest BCUT2D eigenvalue weighted by molar-refractivity contribution is 0.461. The smallest absolute Gasteiger partial charge is 0.268 e. The zero-order valence-corrected chi connectivity index (χ0v) is 29.7. The predicted molar refractivity (Wildman–Crippen MR) is 195 cm³/mol. The average molecular weight is 734 g/mol. The van der Waals surface area contributed by atoms with Crippen molar-refractivity contribution < 1.29 is 4.39 Å². The minimum atomic E-state index is -0.422. The quantitative estimate of drug-likeness (QED) is 0.104. The molecule has 0 saturated heterocycles. The molecule has 0 aliphatic heterocycles. The molecule has 0 unspecified atom stereocenters. The van der Waals surface area contributed by atoms with Gasteiger partial charge in [0.2, 0.25) is 11.9 Å². The third kappa shape index (κ3) is 9.83. The number of nitrogens with two attached hydrogens (primary N) is 2. The summed E-state index contributed by atoms with van der Waals surface area (Å²) in [7, 11) is 0. The number of nitrogens with one attached hydrogen (secondary N) is 4. The summed E-state index contributed by atoms with van der Waals surface area (Å²) < 4.78 is 13.2. The third-order valence-electron chi connectivity index (χ3n) is 8.14. The Hall–Kier alpha value is -3.39.